The van der Waals surface area contributed by atoms with E-state index in [2.05, 4.69) is 37.9 Å². The molecule has 0 aromatic heterocycles. The molecule has 1 N–H and O–H groups in total. The molecule has 1 nitrogen and oxygen atoms in total. The molecule has 0 radical (unpaired) electrons. The van der Waals surface area contributed by atoms with Crippen molar-refractivity contribution < 1.29 is 0 Å². The zero-order valence-corrected chi connectivity index (χ0v) is 8.35. The first-order valence-corrected chi connectivity index (χ1v) is 4.38. The Kier molecular flexibility index (Phi) is 6.39. The van der Waals surface area contributed by atoms with Crippen LogP contribution >= 0.6 is 0 Å². The lowest BCUT2D eigenvalue weighted by Gasteiger charge is -2.00. The molecule has 0 atom stereocenters. The van der Waals surface area contributed by atoms with Crippen LogP contribution in [-0.2, 0) is 0 Å². The summed E-state index contributed by atoms with van der Waals surface area (Å²) in [5.74, 6) is 0. The zero-order valence-electron chi connectivity index (χ0n) is 8.35. The van der Waals surface area contributed by atoms with Gasteiger partial charge in [-0.3, -0.25) is 0 Å². The summed E-state index contributed by atoms with van der Waals surface area (Å²) < 4.78 is 0. The predicted molar refractivity (Wildman–Crippen MR) is 56.3 cm³/mol. The highest BCUT2D eigenvalue weighted by Crippen LogP contribution is 2.01. The highest BCUT2D eigenvalue weighted by Gasteiger charge is 1.88. The maximum atomic E-state index is 3.70. The first-order valence-electron chi connectivity index (χ1n) is 4.38. The zero-order chi connectivity index (χ0) is 9.40. The normalized spacial score (nSPS) is 13.2. The van der Waals surface area contributed by atoms with Gasteiger partial charge in [-0.15, -0.1) is 0 Å². The van der Waals surface area contributed by atoms with E-state index in [0.29, 0.717) is 0 Å². The van der Waals surface area contributed by atoms with Crippen LogP contribution in [0.15, 0.2) is 36.0 Å². The second kappa shape index (κ2) is 6.86. The minimum absolute atomic E-state index is 0.970. The number of likely N-dealkylation sites (N-methyl/N-ethyl adjacent to an activating group) is 1. The van der Waals surface area contributed by atoms with Crippen LogP contribution in [0.4, 0.5) is 0 Å². The first kappa shape index (κ1) is 11.2. The van der Waals surface area contributed by atoms with Crippen molar-refractivity contribution in [2.45, 2.75) is 20.3 Å². The Morgan fingerprint density at radius 2 is 2.08 bits per heavy atom. The largest absolute Gasteiger partial charge is 0.316 e. The lowest BCUT2D eigenvalue weighted by molar-refractivity contribution is 0.845. The Labute approximate surface area is 75.9 Å². The highest BCUT2D eigenvalue weighted by atomic mass is 14.8. The number of nitrogens with one attached hydrogen (secondary N) is 1. The summed E-state index contributed by atoms with van der Waals surface area (Å²) in [6, 6.07) is 0. The van der Waals surface area contributed by atoms with Crippen LogP contribution in [-0.4, -0.2) is 13.6 Å². The monoisotopic (exact) mass is 165 g/mol. The van der Waals surface area contributed by atoms with Gasteiger partial charge >= 0.3 is 0 Å². The molecule has 0 bridgehead atoms. The van der Waals surface area contributed by atoms with E-state index in [4.69, 9.17) is 0 Å². The van der Waals surface area contributed by atoms with Crippen LogP contribution in [0.1, 0.15) is 20.3 Å². The Bertz CT molecular complexity index is 187. The van der Waals surface area contributed by atoms with Crippen LogP contribution in [0.3, 0.4) is 0 Å². The molecular weight excluding hydrogens is 146 g/mol. The van der Waals surface area contributed by atoms with Gasteiger partial charge in [-0.05, 0) is 20.4 Å². The van der Waals surface area contributed by atoms with Gasteiger partial charge in [0.1, 0.15) is 0 Å². The maximum absolute atomic E-state index is 3.70. The van der Waals surface area contributed by atoms with Crippen molar-refractivity contribution >= 4 is 0 Å². The highest BCUT2D eigenvalue weighted by molar-refractivity contribution is 5.23. The van der Waals surface area contributed by atoms with Gasteiger partial charge in [-0.25, -0.2) is 0 Å². The van der Waals surface area contributed by atoms with Crippen molar-refractivity contribution in [1.29, 1.82) is 0 Å². The fourth-order valence-corrected chi connectivity index (χ4v) is 0.846. The molecule has 0 spiro atoms. The number of rotatable bonds is 5. The minimum Gasteiger partial charge on any atom is -0.316 e. The van der Waals surface area contributed by atoms with E-state index in [1.165, 1.54) is 11.1 Å². The Hall–Kier alpha value is -0.820. The quantitative estimate of drug-likeness (QED) is 0.618. The molecule has 12 heavy (non-hydrogen) atoms. The van der Waals surface area contributed by atoms with Crippen molar-refractivity contribution in [2.75, 3.05) is 13.6 Å². The third-order valence-corrected chi connectivity index (χ3v) is 1.76. The van der Waals surface area contributed by atoms with E-state index in [-0.39, 0.29) is 0 Å². The van der Waals surface area contributed by atoms with Gasteiger partial charge in [0.05, 0.1) is 0 Å². The molecule has 0 saturated heterocycles. The van der Waals surface area contributed by atoms with Crippen LogP contribution < -0.4 is 5.32 Å². The van der Waals surface area contributed by atoms with Gasteiger partial charge in [0.15, 0.2) is 0 Å². The van der Waals surface area contributed by atoms with Gasteiger partial charge in [-0.2, -0.15) is 0 Å². The van der Waals surface area contributed by atoms with E-state index in [0.717, 1.165) is 13.0 Å². The molecule has 0 heterocycles. The van der Waals surface area contributed by atoms with E-state index < -0.39 is 0 Å². The average molecular weight is 165 g/mol. The predicted octanol–water partition coefficient (Wildman–Crippen LogP) is 2.67. The fraction of sp³-hybridized carbons (Fsp3) is 0.455. The Morgan fingerprint density at radius 1 is 1.42 bits per heavy atom. The summed E-state index contributed by atoms with van der Waals surface area (Å²) in [6.07, 6.45) is 7.22. The average Bonchev–Trinajstić information content (AvgIpc) is 2.11. The second-order valence-corrected chi connectivity index (χ2v) is 2.82. The smallest absolute Gasteiger partial charge is 0.0164 e. The Balaban J connectivity index is 4.18. The van der Waals surface area contributed by atoms with E-state index in [1.807, 2.05) is 13.1 Å². The topological polar surface area (TPSA) is 12.0 Å². The number of allylic oxidation sites excluding steroid dienone is 4. The summed E-state index contributed by atoms with van der Waals surface area (Å²) >= 11 is 0. The molecule has 68 valence electrons. The van der Waals surface area contributed by atoms with Gasteiger partial charge < -0.3 is 5.32 Å². The summed E-state index contributed by atoms with van der Waals surface area (Å²) in [6.45, 7) is 8.89. The molecule has 0 saturated carbocycles. The summed E-state index contributed by atoms with van der Waals surface area (Å²) in [4.78, 5) is 0. The van der Waals surface area contributed by atoms with Crippen LogP contribution in [0.2, 0.25) is 0 Å². The summed E-state index contributed by atoms with van der Waals surface area (Å²) in [5.41, 5.74) is 2.62. The minimum atomic E-state index is 0.970. The van der Waals surface area contributed by atoms with Gasteiger partial charge in [0.2, 0.25) is 0 Å². The first-order chi connectivity index (χ1) is 5.74. The third-order valence-electron chi connectivity index (χ3n) is 1.76. The molecule has 0 fully saturated rings. The molecule has 0 rings (SSSR count). The summed E-state index contributed by atoms with van der Waals surface area (Å²) in [7, 11) is 1.97. The molecular formula is C11H19N. The standard InChI is InChI=1S/C11H19N/c1-5-10(3)7-8-11(6-2)9-12-4/h5,7-8,12H,1,6,9H2,2-4H3/b10-7-,11-8+. The van der Waals surface area contributed by atoms with Crippen LogP contribution in [0.25, 0.3) is 0 Å². The van der Waals surface area contributed by atoms with Gasteiger partial charge in [0.25, 0.3) is 0 Å². The van der Waals surface area contributed by atoms with E-state index >= 15 is 0 Å². The lowest BCUT2D eigenvalue weighted by Crippen LogP contribution is -2.09. The fourth-order valence-electron chi connectivity index (χ4n) is 0.846. The maximum Gasteiger partial charge on any atom is 0.0164 e. The molecule has 0 aliphatic carbocycles. The second-order valence-electron chi connectivity index (χ2n) is 2.82. The van der Waals surface area contributed by atoms with Crippen molar-refractivity contribution in [3.05, 3.63) is 36.0 Å². The number of hydrogen-bond acceptors (Lipinski definition) is 1. The van der Waals surface area contributed by atoms with Crippen molar-refractivity contribution in [3.63, 3.8) is 0 Å². The molecule has 0 aliphatic rings. The third kappa shape index (κ3) is 4.91. The summed E-state index contributed by atoms with van der Waals surface area (Å²) in [5, 5.41) is 3.14. The van der Waals surface area contributed by atoms with Crippen LogP contribution in [0, 0.1) is 0 Å². The molecule has 1 heteroatoms. The Morgan fingerprint density at radius 3 is 2.50 bits per heavy atom. The molecule has 0 aliphatic heterocycles. The number of hydrogen-bond donors (Lipinski definition) is 1. The van der Waals surface area contributed by atoms with Gasteiger partial charge in [0, 0.05) is 6.54 Å². The van der Waals surface area contributed by atoms with E-state index in [1.54, 1.807) is 0 Å². The van der Waals surface area contributed by atoms with Crippen molar-refractivity contribution in [3.8, 4) is 0 Å². The SMILES string of the molecule is C=C/C(C)=C\C=C(/CC)CNC. The van der Waals surface area contributed by atoms with Crippen LogP contribution in [0.5, 0.6) is 0 Å². The van der Waals surface area contributed by atoms with E-state index in [9.17, 15) is 0 Å². The van der Waals surface area contributed by atoms with Crippen molar-refractivity contribution in [2.24, 2.45) is 0 Å². The van der Waals surface area contributed by atoms with Gasteiger partial charge in [-0.1, -0.05) is 42.9 Å². The molecule has 0 unspecified atom stereocenters. The molecule has 0 amide bonds. The lowest BCUT2D eigenvalue weighted by atomic mass is 10.1. The van der Waals surface area contributed by atoms with Crippen molar-refractivity contribution in [1.82, 2.24) is 5.32 Å². The molecule has 0 aromatic carbocycles. The molecule has 0 aromatic rings.